The van der Waals surface area contributed by atoms with E-state index in [4.69, 9.17) is 0 Å². The number of carbonyl (C=O) groups excluding carboxylic acids is 2. The molecule has 0 saturated carbocycles. The summed E-state index contributed by atoms with van der Waals surface area (Å²) in [5.41, 5.74) is 1.77. The molecule has 7 heteroatoms. The van der Waals surface area contributed by atoms with Crippen molar-refractivity contribution in [2.24, 2.45) is 0 Å². The van der Waals surface area contributed by atoms with Crippen LogP contribution in [-0.2, 0) is 0 Å². The molecule has 0 N–H and O–H groups in total. The van der Waals surface area contributed by atoms with Gasteiger partial charge in [0.15, 0.2) is 0 Å². The normalized spacial score (nSPS) is 10.5. The minimum Gasteiger partial charge on any atom is -0.545 e. The van der Waals surface area contributed by atoms with Gasteiger partial charge in [-0.3, -0.25) is 9.97 Å². The van der Waals surface area contributed by atoms with E-state index in [-0.39, 0.29) is 21.2 Å². The molecule has 6 nitrogen and oxygen atoms in total. The first-order valence-electron chi connectivity index (χ1n) is 10.5. The first-order chi connectivity index (χ1) is 16.5. The van der Waals surface area contributed by atoms with E-state index >= 15 is 0 Å². The Morgan fingerprint density at radius 3 is 1.29 bits per heavy atom. The maximum atomic E-state index is 11.1. The molecule has 4 aromatic carbocycles. The maximum Gasteiger partial charge on any atom is 2.00 e. The number of hydrogen-bond donors (Lipinski definition) is 0. The molecule has 164 valence electrons. The van der Waals surface area contributed by atoms with Crippen LogP contribution in [0, 0.1) is 0 Å². The van der Waals surface area contributed by atoms with E-state index in [9.17, 15) is 19.8 Å². The summed E-state index contributed by atoms with van der Waals surface area (Å²) in [5, 5.41) is 27.1. The third-order valence-electron chi connectivity index (χ3n) is 5.67. The number of benzene rings is 4. The number of hydrogen-bond acceptors (Lipinski definition) is 6. The van der Waals surface area contributed by atoms with Crippen molar-refractivity contribution in [1.82, 2.24) is 9.97 Å². The average molecular weight is 453 g/mol. The Balaban J connectivity index is 0.000000160. The van der Waals surface area contributed by atoms with E-state index in [1.165, 1.54) is 0 Å². The van der Waals surface area contributed by atoms with Gasteiger partial charge >= 0.3 is 10.1 Å². The minimum absolute atomic E-state index is 0. The van der Waals surface area contributed by atoms with Crippen molar-refractivity contribution in [2.45, 2.75) is 0 Å². The second kappa shape index (κ2) is 9.67. The average Bonchev–Trinajstić information content (AvgIpc) is 2.88. The van der Waals surface area contributed by atoms with Gasteiger partial charge in [-0.05, 0) is 22.9 Å². The van der Waals surface area contributed by atoms with Crippen molar-refractivity contribution in [3.05, 3.63) is 108 Å². The monoisotopic (exact) mass is 453 g/mol. The van der Waals surface area contributed by atoms with Gasteiger partial charge in [0.05, 0.1) is 23.0 Å². The van der Waals surface area contributed by atoms with E-state index in [1.54, 1.807) is 36.7 Å². The van der Waals surface area contributed by atoms with Crippen LogP contribution in [0.15, 0.2) is 97.3 Å². The van der Waals surface area contributed by atoms with Crippen LogP contribution in [-0.4, -0.2) is 32.0 Å². The zero-order valence-electron chi connectivity index (χ0n) is 18.5. The maximum absolute atomic E-state index is 11.1. The number of fused-ring (bicyclic) bond motifs is 6. The third kappa shape index (κ3) is 4.31. The fraction of sp³-hybridized carbons (Fsp3) is 0. The first-order valence-corrected chi connectivity index (χ1v) is 10.5. The van der Waals surface area contributed by atoms with Gasteiger partial charge in [-0.15, -0.1) is 0 Å². The van der Waals surface area contributed by atoms with E-state index in [2.05, 4.69) is 9.97 Å². The number of nitrogens with zero attached hydrogens (tertiary/aromatic N) is 2. The Kier molecular flexibility index (Phi) is 6.49. The summed E-state index contributed by atoms with van der Waals surface area (Å²) >= 11 is 0. The van der Waals surface area contributed by atoms with Gasteiger partial charge in [0.1, 0.15) is 0 Å². The zero-order chi connectivity index (χ0) is 23.7. The Bertz CT molecular complexity index is 1600. The molecule has 0 amide bonds. The molecule has 0 unspecified atom stereocenters. The number of rotatable bonds is 2. The number of carboxylic acid groups (broad SMARTS) is 2. The van der Waals surface area contributed by atoms with Crippen LogP contribution in [0.4, 0.5) is 0 Å². The van der Waals surface area contributed by atoms with Crippen LogP contribution in [0.25, 0.3) is 43.4 Å². The van der Waals surface area contributed by atoms with Crippen LogP contribution < -0.4 is 10.2 Å². The van der Waals surface area contributed by atoms with Gasteiger partial charge < -0.3 is 19.8 Å². The van der Waals surface area contributed by atoms with Crippen molar-refractivity contribution in [3.8, 4) is 0 Å². The van der Waals surface area contributed by atoms with Crippen LogP contribution >= 0.6 is 0 Å². The van der Waals surface area contributed by atoms with Crippen molar-refractivity contribution in [2.75, 3.05) is 0 Å². The Morgan fingerprint density at radius 2 is 0.886 bits per heavy atom. The molecule has 0 saturated heterocycles. The molecule has 6 aromatic rings. The molecule has 0 aliphatic rings. The van der Waals surface area contributed by atoms with E-state index < -0.39 is 11.9 Å². The molecule has 0 fully saturated rings. The molecule has 2 aromatic heterocycles. The molecular weight excluding hydrogens is 437 g/mol. The van der Waals surface area contributed by atoms with Crippen molar-refractivity contribution >= 4 is 65.4 Å². The number of aromatic carboxylic acids is 2. The van der Waals surface area contributed by atoms with Gasteiger partial charge in [-0.2, -0.15) is 0 Å². The second-order valence-electron chi connectivity index (χ2n) is 7.66. The van der Waals surface area contributed by atoms with Gasteiger partial charge in [0.2, 0.25) is 0 Å². The fourth-order valence-corrected chi connectivity index (χ4v) is 4.17. The second-order valence-corrected chi connectivity index (χ2v) is 7.66. The van der Waals surface area contributed by atoms with Gasteiger partial charge in [-0.1, -0.05) is 72.8 Å². The number of pyridine rings is 2. The number of aromatic nitrogens is 2. The summed E-state index contributed by atoms with van der Waals surface area (Å²) in [7, 11) is 0. The topological polar surface area (TPSA) is 106 Å². The molecule has 0 aliphatic heterocycles. The van der Waals surface area contributed by atoms with Crippen LogP contribution in [0.1, 0.15) is 20.7 Å². The van der Waals surface area contributed by atoms with Crippen LogP contribution in [0.2, 0.25) is 0 Å². The standard InChI is InChI=1S/2C14H9NO2.Be/c2*16-14(17)11-5-1-3-9-6-7-10-4-2-8-15-13(10)12(9)11;/h2*1-8H,(H,16,17);/q;;+2/p-2. The zero-order valence-corrected chi connectivity index (χ0v) is 18.5. The largest absolute Gasteiger partial charge is 2.00 e. The SMILES string of the molecule is O=C([O-])c1cccc2ccc3cccnc3c12.O=C([O-])c1cccc2ccc3cccnc3c12.[Be+2]. The molecule has 2 heterocycles. The summed E-state index contributed by atoms with van der Waals surface area (Å²) in [5.74, 6) is -2.34. The Morgan fingerprint density at radius 1 is 0.514 bits per heavy atom. The van der Waals surface area contributed by atoms with Crippen LogP contribution in [0.5, 0.6) is 0 Å². The van der Waals surface area contributed by atoms with Crippen molar-refractivity contribution in [3.63, 3.8) is 0 Å². The van der Waals surface area contributed by atoms with E-state index in [0.29, 0.717) is 21.8 Å². The summed E-state index contributed by atoms with van der Waals surface area (Å²) in [6.45, 7) is 0. The quantitative estimate of drug-likeness (QED) is 0.295. The summed E-state index contributed by atoms with van der Waals surface area (Å²) in [6, 6.07) is 25.4. The predicted octanol–water partition coefficient (Wildman–Crippen LogP) is 3.12. The Hall–Kier alpha value is -4.67. The first kappa shape index (κ1) is 23.5. The molecule has 0 aliphatic carbocycles. The minimum atomic E-state index is -1.17. The summed E-state index contributed by atoms with van der Waals surface area (Å²) in [6.07, 6.45) is 3.32. The van der Waals surface area contributed by atoms with Gasteiger partial charge in [0.25, 0.3) is 0 Å². The molecule has 0 radical (unpaired) electrons. The van der Waals surface area contributed by atoms with Crippen LogP contribution in [0.3, 0.4) is 0 Å². The number of carboxylic acids is 2. The third-order valence-corrected chi connectivity index (χ3v) is 5.67. The smallest absolute Gasteiger partial charge is 0.545 e. The molecule has 6 rings (SSSR count). The predicted molar refractivity (Wildman–Crippen MR) is 133 cm³/mol. The van der Waals surface area contributed by atoms with E-state index in [1.807, 2.05) is 60.7 Å². The van der Waals surface area contributed by atoms with Crippen molar-refractivity contribution in [1.29, 1.82) is 0 Å². The van der Waals surface area contributed by atoms with Gasteiger partial charge in [-0.25, -0.2) is 0 Å². The molecule has 35 heavy (non-hydrogen) atoms. The van der Waals surface area contributed by atoms with Crippen molar-refractivity contribution < 1.29 is 19.8 Å². The molecule has 0 spiro atoms. The molecular formula is C28H16BeN2O4. The Labute approximate surface area is 203 Å². The van der Waals surface area contributed by atoms with E-state index in [0.717, 1.165) is 21.5 Å². The summed E-state index contributed by atoms with van der Waals surface area (Å²) in [4.78, 5) is 30.8. The molecule has 0 bridgehead atoms. The fourth-order valence-electron chi connectivity index (χ4n) is 4.17. The summed E-state index contributed by atoms with van der Waals surface area (Å²) < 4.78 is 0. The van der Waals surface area contributed by atoms with Gasteiger partial charge in [0, 0.05) is 45.1 Å². The molecule has 0 atom stereocenters. The number of carbonyl (C=O) groups is 2.